The maximum absolute atomic E-state index is 13.6. The molecule has 2 N–H and O–H groups in total. The summed E-state index contributed by atoms with van der Waals surface area (Å²) in [5.74, 6) is 0.0488. The number of alkyl halides is 3. The molecular weight excluding hydrogens is 590 g/mol. The fourth-order valence-corrected chi connectivity index (χ4v) is 6.68. The van der Waals surface area contributed by atoms with Crippen LogP contribution in [0, 0.1) is 0 Å². The molecule has 3 fully saturated rings. The smallest absolute Gasteiger partial charge is 0.476 e. The minimum Gasteiger partial charge on any atom is -0.476 e. The van der Waals surface area contributed by atoms with E-state index < -0.39 is 62.5 Å². The Labute approximate surface area is 235 Å². The van der Waals surface area contributed by atoms with E-state index in [2.05, 4.69) is 15.0 Å². The number of rotatable bonds is 7. The van der Waals surface area contributed by atoms with E-state index >= 15 is 0 Å². The van der Waals surface area contributed by atoms with Crippen LogP contribution < -0.4 is 10.5 Å². The molecule has 226 valence electrons. The standard InChI is InChI=1S/C24H25F3N5O9P/c1-3-35-19-16-18(30-21(28)31-19)29-11-32(16)20-23(2)17(39-22(33)40-23)15(38-20)10-37-42(34)36-9-8-14(41-42)12-6-4-5-7-13(12)24(25,26)27/h4-7,11,14-15,17,20H,3,8-10H2,1-2H3,(H2,28,30,31)/t14-,15+,17+,20+,23+,42+/m0/s1. The number of nitrogen functional groups attached to an aromatic ring is 1. The van der Waals surface area contributed by atoms with Crippen LogP contribution in [-0.4, -0.2) is 63.3 Å². The van der Waals surface area contributed by atoms with Crippen molar-refractivity contribution in [1.82, 2.24) is 19.5 Å². The molecule has 2 aromatic heterocycles. The molecule has 6 atom stereocenters. The molecule has 3 saturated heterocycles. The van der Waals surface area contributed by atoms with Gasteiger partial charge in [0.2, 0.25) is 11.8 Å². The maximum atomic E-state index is 13.6. The summed E-state index contributed by atoms with van der Waals surface area (Å²) < 4.78 is 94.6. The second kappa shape index (κ2) is 10.3. The van der Waals surface area contributed by atoms with Gasteiger partial charge >= 0.3 is 20.2 Å². The SMILES string of the molecule is CCOc1nc(N)nc2ncn([C@@H]3O[C@H](CO[P@@]4(=O)OCC[C@@H](c5ccccc5C(F)(F)F)O4)[C@H]4OC(=O)O[C@]43C)c12. The van der Waals surface area contributed by atoms with Gasteiger partial charge in [-0.3, -0.25) is 18.1 Å². The van der Waals surface area contributed by atoms with Crippen molar-refractivity contribution < 1.29 is 55.0 Å². The molecule has 42 heavy (non-hydrogen) atoms. The number of carbonyl (C=O) groups is 1. The van der Waals surface area contributed by atoms with Crippen LogP contribution in [0.4, 0.5) is 23.9 Å². The van der Waals surface area contributed by atoms with Crippen LogP contribution in [-0.2, 0) is 38.5 Å². The number of hydrogen-bond acceptors (Lipinski definition) is 13. The first-order valence-electron chi connectivity index (χ1n) is 12.8. The molecule has 0 aliphatic carbocycles. The highest BCUT2D eigenvalue weighted by atomic mass is 31.2. The van der Waals surface area contributed by atoms with E-state index in [1.54, 1.807) is 13.8 Å². The van der Waals surface area contributed by atoms with Gasteiger partial charge in [-0.25, -0.2) is 14.3 Å². The molecule has 1 aromatic carbocycles. The number of nitrogens with zero attached hydrogens (tertiary/aromatic N) is 4. The van der Waals surface area contributed by atoms with Crippen LogP contribution in [0.2, 0.25) is 0 Å². The summed E-state index contributed by atoms with van der Waals surface area (Å²) in [6.07, 6.45) is -8.65. The van der Waals surface area contributed by atoms with E-state index in [0.717, 1.165) is 6.07 Å². The lowest BCUT2D eigenvalue weighted by atomic mass is 9.96. The Morgan fingerprint density at radius 1 is 1.26 bits per heavy atom. The Bertz CT molecular complexity index is 1570. The predicted molar refractivity (Wildman–Crippen MR) is 134 cm³/mol. The van der Waals surface area contributed by atoms with Gasteiger partial charge in [-0.15, -0.1) is 0 Å². The van der Waals surface area contributed by atoms with Gasteiger partial charge in [0.15, 0.2) is 29.1 Å². The predicted octanol–water partition coefficient (Wildman–Crippen LogP) is 4.32. The van der Waals surface area contributed by atoms with Gasteiger partial charge in [0.25, 0.3) is 0 Å². The minimum absolute atomic E-state index is 0.0110. The molecule has 3 aromatic rings. The fourth-order valence-electron chi connectivity index (χ4n) is 5.29. The van der Waals surface area contributed by atoms with Crippen molar-refractivity contribution >= 4 is 31.1 Å². The molecule has 3 aliphatic heterocycles. The lowest BCUT2D eigenvalue weighted by Crippen LogP contribution is -2.42. The lowest BCUT2D eigenvalue weighted by Gasteiger charge is -2.31. The second-order valence-corrected chi connectivity index (χ2v) is 11.4. The fraction of sp³-hybridized carbons (Fsp3) is 0.500. The van der Waals surface area contributed by atoms with Crippen LogP contribution in [0.5, 0.6) is 5.88 Å². The van der Waals surface area contributed by atoms with Crippen molar-refractivity contribution in [3.63, 3.8) is 0 Å². The van der Waals surface area contributed by atoms with Gasteiger partial charge in [-0.05, 0) is 25.5 Å². The Morgan fingerprint density at radius 2 is 2.05 bits per heavy atom. The Hall–Kier alpha value is -3.50. The minimum atomic E-state index is -4.65. The number of nitrogens with two attached hydrogens (primary N) is 1. The third-order valence-electron chi connectivity index (χ3n) is 7.07. The van der Waals surface area contributed by atoms with Crippen molar-refractivity contribution in [3.05, 3.63) is 41.7 Å². The molecule has 0 bridgehead atoms. The number of halogens is 3. The summed E-state index contributed by atoms with van der Waals surface area (Å²) in [4.78, 5) is 24.7. The van der Waals surface area contributed by atoms with E-state index in [4.69, 9.17) is 38.3 Å². The topological polar surface area (TPSA) is 168 Å². The number of hydrogen-bond donors (Lipinski definition) is 1. The van der Waals surface area contributed by atoms with Crippen LogP contribution >= 0.6 is 7.82 Å². The van der Waals surface area contributed by atoms with E-state index in [0.29, 0.717) is 5.52 Å². The Kier molecular flexibility index (Phi) is 7.05. The zero-order chi connectivity index (χ0) is 29.9. The number of phosphoric ester groups is 1. The zero-order valence-corrected chi connectivity index (χ0v) is 23.0. The quantitative estimate of drug-likeness (QED) is 0.295. The first-order chi connectivity index (χ1) is 19.9. The summed E-state index contributed by atoms with van der Waals surface area (Å²) >= 11 is 0. The Balaban J connectivity index is 1.25. The monoisotopic (exact) mass is 615 g/mol. The number of aromatic nitrogens is 4. The van der Waals surface area contributed by atoms with E-state index in [1.165, 1.54) is 29.1 Å². The highest BCUT2D eigenvalue weighted by molar-refractivity contribution is 7.48. The molecule has 5 heterocycles. The first kappa shape index (κ1) is 28.6. The number of ether oxygens (including phenoxy) is 4. The molecular formula is C24H25F3N5O9P. The van der Waals surface area contributed by atoms with Gasteiger partial charge in [-0.2, -0.15) is 23.1 Å². The number of phosphoric acid groups is 1. The summed E-state index contributed by atoms with van der Waals surface area (Å²) in [5.41, 5.74) is 3.73. The number of carbonyl (C=O) groups excluding carboxylic acids is 1. The third kappa shape index (κ3) is 4.94. The molecule has 0 spiro atoms. The summed E-state index contributed by atoms with van der Waals surface area (Å²) in [6.45, 7) is 2.88. The normalized spacial score (nSPS) is 31.1. The average Bonchev–Trinajstić information content (AvgIpc) is 3.56. The van der Waals surface area contributed by atoms with Gasteiger partial charge in [0, 0.05) is 6.42 Å². The zero-order valence-electron chi connectivity index (χ0n) is 22.1. The summed E-state index contributed by atoms with van der Waals surface area (Å²) in [6, 6.07) is 4.84. The maximum Gasteiger partial charge on any atom is 0.509 e. The average molecular weight is 615 g/mol. The van der Waals surface area contributed by atoms with Crippen molar-refractivity contribution in [2.24, 2.45) is 0 Å². The number of imidazole rings is 1. The molecule has 6 rings (SSSR count). The van der Waals surface area contributed by atoms with Crippen molar-refractivity contribution in [2.75, 3.05) is 25.6 Å². The third-order valence-corrected chi connectivity index (χ3v) is 8.54. The van der Waals surface area contributed by atoms with Crippen molar-refractivity contribution in [3.8, 4) is 5.88 Å². The molecule has 3 aliphatic rings. The van der Waals surface area contributed by atoms with Crippen LogP contribution in [0.25, 0.3) is 11.2 Å². The second-order valence-electron chi connectivity index (χ2n) is 9.79. The molecule has 0 saturated carbocycles. The van der Waals surface area contributed by atoms with Crippen molar-refractivity contribution in [1.29, 1.82) is 0 Å². The van der Waals surface area contributed by atoms with Crippen LogP contribution in [0.15, 0.2) is 30.6 Å². The molecule has 14 nitrogen and oxygen atoms in total. The number of fused-ring (bicyclic) bond motifs is 2. The molecule has 0 radical (unpaired) electrons. The van der Waals surface area contributed by atoms with Crippen LogP contribution in [0.1, 0.15) is 43.7 Å². The van der Waals surface area contributed by atoms with E-state index in [-0.39, 0.29) is 42.7 Å². The lowest BCUT2D eigenvalue weighted by molar-refractivity contribution is -0.139. The molecule has 0 amide bonds. The highest BCUT2D eigenvalue weighted by Crippen LogP contribution is 2.58. The number of anilines is 1. The largest absolute Gasteiger partial charge is 0.509 e. The summed E-state index contributed by atoms with van der Waals surface area (Å²) in [5, 5.41) is 0. The van der Waals surface area contributed by atoms with E-state index in [1.807, 2.05) is 0 Å². The summed E-state index contributed by atoms with van der Waals surface area (Å²) in [7, 11) is -4.38. The molecule has 0 unspecified atom stereocenters. The van der Waals surface area contributed by atoms with Crippen molar-refractivity contribution in [2.45, 2.75) is 56.6 Å². The first-order valence-corrected chi connectivity index (χ1v) is 14.3. The highest BCUT2D eigenvalue weighted by Gasteiger charge is 2.64. The Morgan fingerprint density at radius 3 is 2.81 bits per heavy atom. The van der Waals surface area contributed by atoms with E-state index in [9.17, 15) is 22.5 Å². The van der Waals surface area contributed by atoms with Gasteiger partial charge in [0.1, 0.15) is 12.4 Å². The van der Waals surface area contributed by atoms with Gasteiger partial charge in [0.05, 0.1) is 31.5 Å². The van der Waals surface area contributed by atoms with Crippen LogP contribution in [0.3, 0.4) is 0 Å². The van der Waals surface area contributed by atoms with Gasteiger partial charge in [-0.1, -0.05) is 18.2 Å². The molecule has 18 heteroatoms. The number of benzene rings is 1. The van der Waals surface area contributed by atoms with Gasteiger partial charge < -0.3 is 24.7 Å².